The van der Waals surface area contributed by atoms with Crippen LogP contribution in [0.25, 0.3) is 0 Å². The number of urea groups is 1. The van der Waals surface area contributed by atoms with Crippen molar-refractivity contribution in [2.75, 3.05) is 11.9 Å². The fourth-order valence-corrected chi connectivity index (χ4v) is 1.57. The highest BCUT2D eigenvalue weighted by Crippen LogP contribution is 2.14. The van der Waals surface area contributed by atoms with E-state index in [9.17, 15) is 9.59 Å². The van der Waals surface area contributed by atoms with Gasteiger partial charge in [-0.1, -0.05) is 24.6 Å². The van der Waals surface area contributed by atoms with Gasteiger partial charge in [0.15, 0.2) is 0 Å². The SMILES string of the molecule is CC(CNC(=O)Nc1cccc(Cl)c1)CC(=O)O. The average Bonchev–Trinajstić information content (AvgIpc) is 2.25. The summed E-state index contributed by atoms with van der Waals surface area (Å²) in [5, 5.41) is 14.3. The van der Waals surface area contributed by atoms with E-state index in [1.165, 1.54) is 0 Å². The van der Waals surface area contributed by atoms with Crippen LogP contribution in [-0.4, -0.2) is 23.7 Å². The molecular formula is C12H15ClN2O3. The van der Waals surface area contributed by atoms with Crippen LogP contribution in [0, 0.1) is 5.92 Å². The van der Waals surface area contributed by atoms with Crippen molar-refractivity contribution in [3.05, 3.63) is 29.3 Å². The number of carbonyl (C=O) groups excluding carboxylic acids is 1. The van der Waals surface area contributed by atoms with Crippen LogP contribution in [0.5, 0.6) is 0 Å². The lowest BCUT2D eigenvalue weighted by atomic mass is 10.1. The molecule has 1 aromatic carbocycles. The minimum Gasteiger partial charge on any atom is -0.481 e. The monoisotopic (exact) mass is 270 g/mol. The highest BCUT2D eigenvalue weighted by atomic mass is 35.5. The van der Waals surface area contributed by atoms with E-state index in [2.05, 4.69) is 10.6 Å². The van der Waals surface area contributed by atoms with Crippen LogP contribution in [0.4, 0.5) is 10.5 Å². The lowest BCUT2D eigenvalue weighted by Crippen LogP contribution is -2.32. The Kier molecular flexibility index (Phi) is 5.45. The largest absolute Gasteiger partial charge is 0.481 e. The van der Waals surface area contributed by atoms with Crippen LogP contribution < -0.4 is 10.6 Å². The molecule has 1 atom stereocenters. The molecule has 98 valence electrons. The highest BCUT2D eigenvalue weighted by molar-refractivity contribution is 6.30. The van der Waals surface area contributed by atoms with E-state index in [0.29, 0.717) is 17.3 Å². The van der Waals surface area contributed by atoms with Crippen molar-refractivity contribution in [2.24, 2.45) is 5.92 Å². The van der Waals surface area contributed by atoms with Gasteiger partial charge < -0.3 is 15.7 Å². The number of carboxylic acids is 1. The zero-order chi connectivity index (χ0) is 13.5. The molecule has 0 heterocycles. The number of amides is 2. The second-order valence-corrected chi connectivity index (χ2v) is 4.48. The summed E-state index contributed by atoms with van der Waals surface area (Å²) in [4.78, 5) is 21.9. The smallest absolute Gasteiger partial charge is 0.319 e. The summed E-state index contributed by atoms with van der Waals surface area (Å²) in [5.74, 6) is -0.993. The van der Waals surface area contributed by atoms with Gasteiger partial charge in [0, 0.05) is 23.7 Å². The summed E-state index contributed by atoms with van der Waals surface area (Å²) < 4.78 is 0. The van der Waals surface area contributed by atoms with Crippen LogP contribution in [0.1, 0.15) is 13.3 Å². The number of benzene rings is 1. The molecule has 0 aliphatic heterocycles. The molecule has 0 saturated heterocycles. The van der Waals surface area contributed by atoms with E-state index < -0.39 is 5.97 Å². The van der Waals surface area contributed by atoms with Crippen LogP contribution in [-0.2, 0) is 4.79 Å². The number of hydrogen-bond acceptors (Lipinski definition) is 2. The number of carbonyl (C=O) groups is 2. The van der Waals surface area contributed by atoms with Gasteiger partial charge in [0.2, 0.25) is 0 Å². The molecule has 18 heavy (non-hydrogen) atoms. The minimum atomic E-state index is -0.875. The van der Waals surface area contributed by atoms with Gasteiger partial charge in [0.25, 0.3) is 0 Å². The molecule has 0 radical (unpaired) electrons. The zero-order valence-corrected chi connectivity index (χ0v) is 10.7. The van der Waals surface area contributed by atoms with E-state index in [-0.39, 0.29) is 18.4 Å². The molecular weight excluding hydrogens is 256 g/mol. The van der Waals surface area contributed by atoms with Crippen LogP contribution in [0.2, 0.25) is 5.02 Å². The molecule has 0 aliphatic carbocycles. The number of aliphatic carboxylic acids is 1. The third-order valence-corrected chi connectivity index (χ3v) is 2.45. The molecule has 0 spiro atoms. The normalized spacial score (nSPS) is 11.7. The topological polar surface area (TPSA) is 78.4 Å². The zero-order valence-electron chi connectivity index (χ0n) is 9.94. The maximum atomic E-state index is 11.5. The Balaban J connectivity index is 2.36. The Hall–Kier alpha value is -1.75. The lowest BCUT2D eigenvalue weighted by molar-refractivity contribution is -0.137. The Morgan fingerprint density at radius 3 is 2.78 bits per heavy atom. The number of nitrogens with one attached hydrogen (secondary N) is 2. The van der Waals surface area contributed by atoms with Gasteiger partial charge in [-0.25, -0.2) is 4.79 Å². The van der Waals surface area contributed by atoms with Crippen molar-refractivity contribution in [1.29, 1.82) is 0 Å². The third kappa shape index (κ3) is 5.54. The van der Waals surface area contributed by atoms with Crippen molar-refractivity contribution < 1.29 is 14.7 Å². The number of hydrogen-bond donors (Lipinski definition) is 3. The molecule has 0 aliphatic rings. The number of carboxylic acid groups (broad SMARTS) is 1. The molecule has 5 nitrogen and oxygen atoms in total. The van der Waals surface area contributed by atoms with E-state index in [1.54, 1.807) is 31.2 Å². The fraction of sp³-hybridized carbons (Fsp3) is 0.333. The summed E-state index contributed by atoms with van der Waals surface area (Å²) in [5.41, 5.74) is 0.589. The van der Waals surface area contributed by atoms with Gasteiger partial charge in [-0.05, 0) is 24.1 Å². The fourth-order valence-electron chi connectivity index (χ4n) is 1.38. The Labute approximate surface area is 110 Å². The van der Waals surface area contributed by atoms with Crippen molar-refractivity contribution in [3.8, 4) is 0 Å². The van der Waals surface area contributed by atoms with E-state index in [4.69, 9.17) is 16.7 Å². The molecule has 1 rings (SSSR count). The molecule has 1 aromatic rings. The highest BCUT2D eigenvalue weighted by Gasteiger charge is 2.09. The van der Waals surface area contributed by atoms with Crippen LogP contribution in [0.15, 0.2) is 24.3 Å². The lowest BCUT2D eigenvalue weighted by Gasteiger charge is -2.11. The molecule has 6 heteroatoms. The second kappa shape index (κ2) is 6.86. The standard InChI is InChI=1S/C12H15ClN2O3/c1-8(5-11(16)17)7-14-12(18)15-10-4-2-3-9(13)6-10/h2-4,6,8H,5,7H2,1H3,(H,16,17)(H2,14,15,18). The van der Waals surface area contributed by atoms with E-state index in [1.807, 2.05) is 0 Å². The third-order valence-electron chi connectivity index (χ3n) is 2.22. The summed E-state index contributed by atoms with van der Waals surface area (Å²) in [6.45, 7) is 2.06. The van der Waals surface area contributed by atoms with Crippen molar-refractivity contribution >= 4 is 29.3 Å². The predicted molar refractivity (Wildman–Crippen MR) is 69.9 cm³/mol. The van der Waals surface area contributed by atoms with Crippen LogP contribution in [0.3, 0.4) is 0 Å². The van der Waals surface area contributed by atoms with Gasteiger partial charge in [-0.15, -0.1) is 0 Å². The second-order valence-electron chi connectivity index (χ2n) is 4.05. The van der Waals surface area contributed by atoms with Gasteiger partial charge in [0.1, 0.15) is 0 Å². The maximum absolute atomic E-state index is 11.5. The number of rotatable bonds is 5. The Bertz CT molecular complexity index is 437. The van der Waals surface area contributed by atoms with E-state index >= 15 is 0 Å². The van der Waals surface area contributed by atoms with Gasteiger partial charge in [-0.3, -0.25) is 4.79 Å². The van der Waals surface area contributed by atoms with Gasteiger partial charge in [-0.2, -0.15) is 0 Å². The number of halogens is 1. The molecule has 2 amide bonds. The molecule has 0 saturated carbocycles. The molecule has 0 bridgehead atoms. The predicted octanol–water partition coefficient (Wildman–Crippen LogP) is 2.57. The molecule has 0 fully saturated rings. The molecule has 1 unspecified atom stereocenters. The average molecular weight is 271 g/mol. The van der Waals surface area contributed by atoms with E-state index in [0.717, 1.165) is 0 Å². The Morgan fingerprint density at radius 1 is 1.44 bits per heavy atom. The first-order valence-electron chi connectivity index (χ1n) is 5.49. The first-order valence-corrected chi connectivity index (χ1v) is 5.87. The first-order chi connectivity index (χ1) is 8.47. The number of anilines is 1. The summed E-state index contributed by atoms with van der Waals surface area (Å²) in [6, 6.07) is 6.40. The quantitative estimate of drug-likeness (QED) is 0.769. The van der Waals surface area contributed by atoms with Crippen molar-refractivity contribution in [3.63, 3.8) is 0 Å². The van der Waals surface area contributed by atoms with Crippen molar-refractivity contribution in [1.82, 2.24) is 5.32 Å². The Morgan fingerprint density at radius 2 is 2.17 bits per heavy atom. The van der Waals surface area contributed by atoms with Gasteiger partial charge in [0.05, 0.1) is 0 Å². The van der Waals surface area contributed by atoms with Crippen molar-refractivity contribution in [2.45, 2.75) is 13.3 Å². The van der Waals surface area contributed by atoms with Gasteiger partial charge >= 0.3 is 12.0 Å². The van der Waals surface area contributed by atoms with Crippen LogP contribution >= 0.6 is 11.6 Å². The summed E-state index contributed by atoms with van der Waals surface area (Å²) in [6.07, 6.45) is 0.0252. The first kappa shape index (κ1) is 14.3. The minimum absolute atomic E-state index is 0.0252. The maximum Gasteiger partial charge on any atom is 0.319 e. The summed E-state index contributed by atoms with van der Waals surface area (Å²) >= 11 is 5.78. The molecule has 0 aromatic heterocycles. The summed E-state index contributed by atoms with van der Waals surface area (Å²) in [7, 11) is 0. The molecule has 3 N–H and O–H groups in total.